The van der Waals surface area contributed by atoms with E-state index in [1.54, 1.807) is 0 Å². The van der Waals surface area contributed by atoms with Crippen LogP contribution in [0, 0.1) is 5.82 Å². The molecule has 7 heteroatoms. The van der Waals surface area contributed by atoms with Gasteiger partial charge in [0, 0.05) is 5.56 Å². The van der Waals surface area contributed by atoms with Crippen molar-refractivity contribution in [1.29, 1.82) is 0 Å². The topological polar surface area (TPSA) is 76.7 Å². The Bertz CT molecular complexity index is 604. The standard InChI is InChI=1S/C9H7FN4OS/c10-7-2-1-5(3-6(7)8(11)16)14-4-12-13-9(14)15/h1-4H,(H2,11,16)(H,13,15). The Morgan fingerprint density at radius 3 is 2.88 bits per heavy atom. The van der Waals surface area contributed by atoms with Crippen LogP contribution in [0.5, 0.6) is 0 Å². The fourth-order valence-electron chi connectivity index (χ4n) is 1.28. The van der Waals surface area contributed by atoms with Gasteiger partial charge < -0.3 is 5.73 Å². The molecule has 1 aromatic heterocycles. The van der Waals surface area contributed by atoms with Crippen molar-refractivity contribution in [3.8, 4) is 5.69 Å². The van der Waals surface area contributed by atoms with Crippen LogP contribution in [-0.4, -0.2) is 19.8 Å². The highest BCUT2D eigenvalue weighted by atomic mass is 32.1. The van der Waals surface area contributed by atoms with Crippen molar-refractivity contribution in [2.75, 3.05) is 0 Å². The van der Waals surface area contributed by atoms with Gasteiger partial charge in [0.05, 0.1) is 5.69 Å². The third-order valence-electron chi connectivity index (χ3n) is 2.05. The Balaban J connectivity index is 2.61. The summed E-state index contributed by atoms with van der Waals surface area (Å²) >= 11 is 4.70. The molecule has 0 saturated heterocycles. The quantitative estimate of drug-likeness (QED) is 0.739. The molecule has 82 valence electrons. The fraction of sp³-hybridized carbons (Fsp3) is 0. The van der Waals surface area contributed by atoms with E-state index in [0.717, 1.165) is 0 Å². The lowest BCUT2D eigenvalue weighted by molar-refractivity contribution is 0.625. The average Bonchev–Trinajstić information content (AvgIpc) is 2.65. The summed E-state index contributed by atoms with van der Waals surface area (Å²) in [6.45, 7) is 0. The van der Waals surface area contributed by atoms with Gasteiger partial charge in [-0.3, -0.25) is 0 Å². The van der Waals surface area contributed by atoms with Crippen molar-refractivity contribution in [2.45, 2.75) is 0 Å². The highest BCUT2D eigenvalue weighted by molar-refractivity contribution is 7.80. The first-order valence-corrected chi connectivity index (χ1v) is 4.72. The number of nitrogens with two attached hydrogens (primary N) is 1. The number of thiocarbonyl (C=S) groups is 1. The molecule has 0 amide bonds. The van der Waals surface area contributed by atoms with E-state index in [2.05, 4.69) is 10.2 Å². The van der Waals surface area contributed by atoms with Crippen molar-refractivity contribution in [1.82, 2.24) is 14.8 Å². The molecule has 2 aromatic rings. The van der Waals surface area contributed by atoms with Crippen LogP contribution < -0.4 is 11.4 Å². The zero-order chi connectivity index (χ0) is 11.7. The molecular formula is C9H7FN4OS. The van der Waals surface area contributed by atoms with E-state index in [0.29, 0.717) is 5.69 Å². The Hall–Kier alpha value is -2.02. The molecule has 0 radical (unpaired) electrons. The number of benzene rings is 1. The van der Waals surface area contributed by atoms with E-state index in [1.165, 1.54) is 29.1 Å². The largest absolute Gasteiger partial charge is 0.389 e. The van der Waals surface area contributed by atoms with Crippen molar-refractivity contribution in [2.24, 2.45) is 5.73 Å². The third kappa shape index (κ3) is 1.72. The van der Waals surface area contributed by atoms with Crippen LogP contribution in [0.1, 0.15) is 5.56 Å². The molecule has 3 N–H and O–H groups in total. The number of nitrogens with one attached hydrogen (secondary N) is 1. The average molecular weight is 238 g/mol. The van der Waals surface area contributed by atoms with Crippen LogP contribution in [0.15, 0.2) is 29.3 Å². The van der Waals surface area contributed by atoms with Gasteiger partial charge in [-0.15, -0.1) is 0 Å². The molecule has 5 nitrogen and oxygen atoms in total. The van der Waals surface area contributed by atoms with Crippen LogP contribution >= 0.6 is 12.2 Å². The first-order chi connectivity index (χ1) is 7.59. The zero-order valence-corrected chi connectivity index (χ0v) is 8.79. The molecule has 16 heavy (non-hydrogen) atoms. The van der Waals surface area contributed by atoms with Gasteiger partial charge in [-0.2, -0.15) is 5.10 Å². The molecule has 0 saturated carbocycles. The van der Waals surface area contributed by atoms with E-state index in [1.807, 2.05) is 0 Å². The molecule has 0 unspecified atom stereocenters. The maximum atomic E-state index is 13.3. The minimum atomic E-state index is -0.521. The summed E-state index contributed by atoms with van der Waals surface area (Å²) in [4.78, 5) is 11.2. The number of nitrogens with zero attached hydrogens (tertiary/aromatic N) is 2. The second-order valence-corrected chi connectivity index (χ2v) is 3.50. The summed E-state index contributed by atoms with van der Waals surface area (Å²) in [5, 5.41) is 5.79. The molecule has 1 heterocycles. The normalized spacial score (nSPS) is 10.3. The maximum absolute atomic E-state index is 13.3. The molecule has 2 rings (SSSR count). The SMILES string of the molecule is NC(=S)c1cc(-n2cn[nH]c2=O)ccc1F. The molecule has 0 fully saturated rings. The molecule has 0 spiro atoms. The van der Waals surface area contributed by atoms with Crippen LogP contribution in [0.2, 0.25) is 0 Å². The number of aromatic nitrogens is 3. The van der Waals surface area contributed by atoms with Gasteiger partial charge in [0.2, 0.25) is 0 Å². The molecular weight excluding hydrogens is 231 g/mol. The Morgan fingerprint density at radius 2 is 2.31 bits per heavy atom. The highest BCUT2D eigenvalue weighted by Crippen LogP contribution is 2.12. The van der Waals surface area contributed by atoms with Gasteiger partial charge in [-0.25, -0.2) is 18.9 Å². The summed E-state index contributed by atoms with van der Waals surface area (Å²) < 4.78 is 14.5. The summed E-state index contributed by atoms with van der Waals surface area (Å²) in [5.41, 5.74) is 5.48. The lowest BCUT2D eigenvalue weighted by Gasteiger charge is -2.04. The molecule has 0 aliphatic heterocycles. The van der Waals surface area contributed by atoms with E-state index in [4.69, 9.17) is 18.0 Å². The van der Waals surface area contributed by atoms with E-state index >= 15 is 0 Å². The van der Waals surface area contributed by atoms with Crippen LogP contribution in [-0.2, 0) is 0 Å². The fourth-order valence-corrected chi connectivity index (χ4v) is 1.44. The Labute approximate surface area is 94.7 Å². The van der Waals surface area contributed by atoms with Crippen molar-refractivity contribution < 1.29 is 4.39 Å². The monoisotopic (exact) mass is 238 g/mol. The predicted octanol–water partition coefficient (Wildman–Crippen LogP) is 0.334. The summed E-state index contributed by atoms with van der Waals surface area (Å²) in [6, 6.07) is 4.03. The van der Waals surface area contributed by atoms with Gasteiger partial charge in [-0.1, -0.05) is 12.2 Å². The number of hydrogen-bond acceptors (Lipinski definition) is 3. The van der Waals surface area contributed by atoms with Gasteiger partial charge in [0.15, 0.2) is 0 Å². The smallest absolute Gasteiger partial charge is 0.347 e. The first kappa shape index (κ1) is 10.5. The molecule has 1 aromatic carbocycles. The molecule has 0 aliphatic carbocycles. The number of rotatable bonds is 2. The second kappa shape index (κ2) is 3.86. The molecule has 0 bridgehead atoms. The number of halogens is 1. The van der Waals surface area contributed by atoms with Gasteiger partial charge in [0.25, 0.3) is 0 Å². The summed E-state index contributed by atoms with van der Waals surface area (Å²) in [5.74, 6) is -0.521. The number of aromatic amines is 1. The lowest BCUT2D eigenvalue weighted by atomic mass is 10.2. The third-order valence-corrected chi connectivity index (χ3v) is 2.27. The Kier molecular flexibility index (Phi) is 2.53. The van der Waals surface area contributed by atoms with Crippen molar-refractivity contribution >= 4 is 17.2 Å². The maximum Gasteiger partial charge on any atom is 0.347 e. The molecule has 0 atom stereocenters. The summed E-state index contributed by atoms with van der Waals surface area (Å²) in [6.07, 6.45) is 1.29. The van der Waals surface area contributed by atoms with Crippen molar-refractivity contribution in [3.05, 3.63) is 46.4 Å². The second-order valence-electron chi connectivity index (χ2n) is 3.06. The predicted molar refractivity (Wildman–Crippen MR) is 60.0 cm³/mol. The van der Waals surface area contributed by atoms with E-state index in [-0.39, 0.29) is 10.6 Å². The van der Waals surface area contributed by atoms with Crippen LogP contribution in [0.3, 0.4) is 0 Å². The summed E-state index contributed by atoms with van der Waals surface area (Å²) in [7, 11) is 0. The van der Waals surface area contributed by atoms with Gasteiger partial charge >= 0.3 is 5.69 Å². The molecule has 0 aliphatic rings. The number of H-pyrrole nitrogens is 1. The van der Waals surface area contributed by atoms with Gasteiger partial charge in [-0.05, 0) is 18.2 Å². The van der Waals surface area contributed by atoms with Crippen LogP contribution in [0.4, 0.5) is 4.39 Å². The van der Waals surface area contributed by atoms with Gasteiger partial charge in [0.1, 0.15) is 17.1 Å². The minimum absolute atomic E-state index is 0.0594. The Morgan fingerprint density at radius 1 is 1.56 bits per heavy atom. The van der Waals surface area contributed by atoms with Crippen molar-refractivity contribution in [3.63, 3.8) is 0 Å². The van der Waals surface area contributed by atoms with E-state index < -0.39 is 11.5 Å². The highest BCUT2D eigenvalue weighted by Gasteiger charge is 2.08. The minimum Gasteiger partial charge on any atom is -0.389 e. The lowest BCUT2D eigenvalue weighted by Crippen LogP contribution is -2.16. The zero-order valence-electron chi connectivity index (χ0n) is 7.98. The number of hydrogen-bond donors (Lipinski definition) is 2. The first-order valence-electron chi connectivity index (χ1n) is 4.31. The van der Waals surface area contributed by atoms with Crippen LogP contribution in [0.25, 0.3) is 5.69 Å². The van der Waals surface area contributed by atoms with E-state index in [9.17, 15) is 9.18 Å².